The number of para-hydroxylation sites is 1. The van der Waals surface area contributed by atoms with Gasteiger partial charge in [-0.3, -0.25) is 10.1 Å². The lowest BCUT2D eigenvalue weighted by atomic mass is 10.1. The van der Waals surface area contributed by atoms with Gasteiger partial charge in [-0.05, 0) is 55.2 Å². The van der Waals surface area contributed by atoms with Crippen molar-refractivity contribution in [1.82, 2.24) is 15.1 Å². The van der Waals surface area contributed by atoms with Crippen LogP contribution in [0.1, 0.15) is 49.7 Å². The SMILES string of the molecule is CN(C(=O)CCCOc1ccc2c(c1)CN(CC(=O)Oc1ccccc1)C(NC(=O)OCc1ccccc1)=N2)C1CCCC1. The van der Waals surface area contributed by atoms with Gasteiger partial charge in [0.25, 0.3) is 0 Å². The monoisotopic (exact) mass is 598 g/mol. The molecule has 3 aromatic carbocycles. The average molecular weight is 599 g/mol. The Morgan fingerprint density at radius 3 is 2.43 bits per heavy atom. The van der Waals surface area contributed by atoms with Gasteiger partial charge in [-0.2, -0.15) is 0 Å². The number of carbonyl (C=O) groups is 3. The highest BCUT2D eigenvalue weighted by Crippen LogP contribution is 2.30. The van der Waals surface area contributed by atoms with Crippen molar-refractivity contribution in [2.75, 3.05) is 20.2 Å². The predicted octanol–water partition coefficient (Wildman–Crippen LogP) is 5.58. The molecule has 5 rings (SSSR count). The molecule has 1 heterocycles. The van der Waals surface area contributed by atoms with Gasteiger partial charge in [-0.15, -0.1) is 0 Å². The Kier molecular flexibility index (Phi) is 10.5. The number of benzene rings is 3. The number of fused-ring (bicyclic) bond motifs is 1. The molecule has 0 aromatic heterocycles. The standard InChI is InChI=1S/C34H38N4O6/c1-37(27-13-8-9-14-27)31(39)17-10-20-42-29-18-19-30-26(21-29)22-38(23-32(40)44-28-15-6-3-7-16-28)33(35-30)36-34(41)43-24-25-11-4-2-5-12-25/h2-7,11-12,15-16,18-19,21,27H,8-10,13-14,17,20,22-24H2,1H3,(H,35,36,41). The van der Waals surface area contributed by atoms with E-state index in [4.69, 9.17) is 14.2 Å². The summed E-state index contributed by atoms with van der Waals surface area (Å²) in [6.45, 7) is 0.613. The van der Waals surface area contributed by atoms with Gasteiger partial charge in [0.2, 0.25) is 11.9 Å². The Balaban J connectivity index is 1.21. The van der Waals surface area contributed by atoms with Gasteiger partial charge >= 0.3 is 12.1 Å². The lowest BCUT2D eigenvalue weighted by Gasteiger charge is -2.29. The van der Waals surface area contributed by atoms with E-state index in [0.29, 0.717) is 42.7 Å². The van der Waals surface area contributed by atoms with Gasteiger partial charge in [0, 0.05) is 31.6 Å². The first kappa shape index (κ1) is 30.6. The van der Waals surface area contributed by atoms with E-state index in [1.54, 1.807) is 41.3 Å². The van der Waals surface area contributed by atoms with Crippen molar-refractivity contribution in [3.05, 3.63) is 90.0 Å². The Labute approximate surface area is 257 Å². The lowest BCUT2D eigenvalue weighted by Crippen LogP contribution is -2.47. The third-order valence-corrected chi connectivity index (χ3v) is 7.73. The molecule has 2 amide bonds. The summed E-state index contributed by atoms with van der Waals surface area (Å²) in [6, 6.07) is 24.0. The molecule has 3 aromatic rings. The molecule has 10 heteroatoms. The third-order valence-electron chi connectivity index (χ3n) is 7.73. The molecule has 0 atom stereocenters. The Morgan fingerprint density at radius 1 is 0.955 bits per heavy atom. The molecule has 230 valence electrons. The fraction of sp³-hybridized carbons (Fsp3) is 0.353. The van der Waals surface area contributed by atoms with Crippen LogP contribution in [0.15, 0.2) is 83.9 Å². The van der Waals surface area contributed by atoms with Crippen molar-refractivity contribution in [3.8, 4) is 11.5 Å². The summed E-state index contributed by atoms with van der Waals surface area (Å²) < 4.78 is 16.8. The minimum absolute atomic E-state index is 0.0930. The van der Waals surface area contributed by atoms with Crippen LogP contribution in [0.5, 0.6) is 11.5 Å². The number of carbonyl (C=O) groups excluding carboxylic acids is 3. The molecule has 1 N–H and O–H groups in total. The van der Waals surface area contributed by atoms with Crippen LogP contribution in [0.25, 0.3) is 0 Å². The van der Waals surface area contributed by atoms with E-state index in [1.807, 2.05) is 54.4 Å². The number of aliphatic imine (C=N–C) groups is 1. The van der Waals surface area contributed by atoms with Gasteiger partial charge in [0.05, 0.1) is 12.3 Å². The molecule has 2 aliphatic rings. The summed E-state index contributed by atoms with van der Waals surface area (Å²) in [5.74, 6) is 0.888. The van der Waals surface area contributed by atoms with Gasteiger partial charge in [-0.1, -0.05) is 61.4 Å². The van der Waals surface area contributed by atoms with Gasteiger partial charge in [0.1, 0.15) is 24.7 Å². The second-order valence-corrected chi connectivity index (χ2v) is 11.0. The van der Waals surface area contributed by atoms with Crippen molar-refractivity contribution in [1.29, 1.82) is 0 Å². The predicted molar refractivity (Wildman–Crippen MR) is 166 cm³/mol. The summed E-state index contributed by atoms with van der Waals surface area (Å²) in [6.07, 6.45) is 4.92. The summed E-state index contributed by atoms with van der Waals surface area (Å²) >= 11 is 0. The van der Waals surface area contributed by atoms with E-state index in [9.17, 15) is 14.4 Å². The highest BCUT2D eigenvalue weighted by molar-refractivity contribution is 5.97. The highest BCUT2D eigenvalue weighted by Gasteiger charge is 2.26. The second-order valence-electron chi connectivity index (χ2n) is 11.0. The highest BCUT2D eigenvalue weighted by atomic mass is 16.5. The Bertz CT molecular complexity index is 1460. The number of rotatable bonds is 11. The van der Waals surface area contributed by atoms with Crippen LogP contribution in [0, 0.1) is 0 Å². The number of alkyl carbamates (subject to hydrolysis) is 1. The third kappa shape index (κ3) is 8.59. The van der Waals surface area contributed by atoms with Crippen molar-refractivity contribution >= 4 is 29.6 Å². The molecule has 0 bridgehead atoms. The molecule has 1 fully saturated rings. The molecule has 0 radical (unpaired) electrons. The normalized spacial score (nSPS) is 14.3. The van der Waals surface area contributed by atoms with E-state index in [-0.39, 0.29) is 31.6 Å². The van der Waals surface area contributed by atoms with E-state index >= 15 is 0 Å². The van der Waals surface area contributed by atoms with Crippen molar-refractivity contribution in [3.63, 3.8) is 0 Å². The van der Waals surface area contributed by atoms with Crippen molar-refractivity contribution in [2.45, 2.75) is 57.7 Å². The Morgan fingerprint density at radius 2 is 1.68 bits per heavy atom. The summed E-state index contributed by atoms with van der Waals surface area (Å²) in [5.41, 5.74) is 2.30. The maximum atomic E-state index is 12.8. The van der Waals surface area contributed by atoms with Crippen LogP contribution in [-0.2, 0) is 27.5 Å². The fourth-order valence-electron chi connectivity index (χ4n) is 5.33. The number of nitrogens with one attached hydrogen (secondary N) is 1. The maximum Gasteiger partial charge on any atom is 0.414 e. The topological polar surface area (TPSA) is 110 Å². The lowest BCUT2D eigenvalue weighted by molar-refractivity contribution is -0.135. The first-order valence-corrected chi connectivity index (χ1v) is 15.0. The van der Waals surface area contributed by atoms with Gasteiger partial charge in [0.15, 0.2) is 0 Å². The van der Waals surface area contributed by atoms with Crippen LogP contribution in [-0.4, -0.2) is 60.0 Å². The molecular weight excluding hydrogens is 560 g/mol. The number of hydrogen-bond donors (Lipinski definition) is 1. The molecule has 1 saturated carbocycles. The molecule has 0 unspecified atom stereocenters. The minimum atomic E-state index is -0.689. The molecule has 0 saturated heterocycles. The number of hydrogen-bond acceptors (Lipinski definition) is 8. The van der Waals surface area contributed by atoms with Crippen molar-refractivity contribution < 1.29 is 28.6 Å². The zero-order valence-corrected chi connectivity index (χ0v) is 24.9. The van der Waals surface area contributed by atoms with Crippen LogP contribution in [0.4, 0.5) is 10.5 Å². The number of nitrogens with zero attached hydrogens (tertiary/aromatic N) is 3. The van der Waals surface area contributed by atoms with E-state index in [1.165, 1.54) is 12.8 Å². The number of guanidine groups is 1. The smallest absolute Gasteiger partial charge is 0.414 e. The summed E-state index contributed by atoms with van der Waals surface area (Å²) in [7, 11) is 1.90. The molecule has 1 aliphatic carbocycles. The molecule has 1 aliphatic heterocycles. The summed E-state index contributed by atoms with van der Waals surface area (Å²) in [5, 5.41) is 2.69. The number of ether oxygens (including phenoxy) is 3. The zero-order chi connectivity index (χ0) is 30.7. The molecule has 44 heavy (non-hydrogen) atoms. The van der Waals surface area contributed by atoms with Crippen molar-refractivity contribution in [2.24, 2.45) is 4.99 Å². The first-order valence-electron chi connectivity index (χ1n) is 15.0. The van der Waals surface area contributed by atoms with Crippen LogP contribution >= 0.6 is 0 Å². The molecular formula is C34H38N4O6. The minimum Gasteiger partial charge on any atom is -0.494 e. The van der Waals surface area contributed by atoms with Crippen LogP contribution in [0.2, 0.25) is 0 Å². The fourth-order valence-corrected chi connectivity index (χ4v) is 5.33. The second kappa shape index (κ2) is 15.0. The van der Waals surface area contributed by atoms with E-state index in [0.717, 1.165) is 24.0 Å². The zero-order valence-electron chi connectivity index (χ0n) is 24.9. The maximum absolute atomic E-state index is 12.8. The molecule has 10 nitrogen and oxygen atoms in total. The largest absolute Gasteiger partial charge is 0.494 e. The quantitative estimate of drug-likeness (QED) is 0.174. The van der Waals surface area contributed by atoms with E-state index in [2.05, 4.69) is 10.3 Å². The first-order chi connectivity index (χ1) is 21.4. The Hall–Kier alpha value is -4.86. The van der Waals surface area contributed by atoms with Gasteiger partial charge < -0.3 is 24.0 Å². The average Bonchev–Trinajstić information content (AvgIpc) is 3.58. The van der Waals surface area contributed by atoms with Gasteiger partial charge in [-0.25, -0.2) is 14.6 Å². The number of esters is 1. The number of amides is 2. The van der Waals surface area contributed by atoms with Crippen LogP contribution in [0.3, 0.4) is 0 Å². The van der Waals surface area contributed by atoms with Crippen LogP contribution < -0.4 is 14.8 Å². The molecule has 0 spiro atoms. The van der Waals surface area contributed by atoms with E-state index < -0.39 is 12.1 Å². The summed E-state index contributed by atoms with van der Waals surface area (Å²) in [4.78, 5) is 46.2.